The lowest BCUT2D eigenvalue weighted by Gasteiger charge is -2.26. The lowest BCUT2D eigenvalue weighted by molar-refractivity contribution is -0.146. The first kappa shape index (κ1) is 19.6. The fourth-order valence-corrected chi connectivity index (χ4v) is 3.28. The second-order valence-electron chi connectivity index (χ2n) is 6.07. The molecule has 1 aliphatic carbocycles. The van der Waals surface area contributed by atoms with E-state index < -0.39 is 17.9 Å². The van der Waals surface area contributed by atoms with Crippen LogP contribution in [-0.4, -0.2) is 38.4 Å². The molecule has 2 atom stereocenters. The van der Waals surface area contributed by atoms with Crippen LogP contribution in [0.3, 0.4) is 0 Å². The Hall–Kier alpha value is -1.43. The first-order valence-corrected chi connectivity index (χ1v) is 8.94. The maximum absolute atomic E-state index is 12.7. The van der Waals surface area contributed by atoms with Gasteiger partial charge >= 0.3 is 5.97 Å². The van der Waals surface area contributed by atoms with Crippen LogP contribution >= 0.6 is 11.8 Å². The minimum Gasteiger partial charge on any atom is -0.500 e. The van der Waals surface area contributed by atoms with E-state index in [9.17, 15) is 9.59 Å². The lowest BCUT2D eigenvalue weighted by Crippen LogP contribution is -2.45. The van der Waals surface area contributed by atoms with Gasteiger partial charge in [0.1, 0.15) is 11.8 Å². The van der Waals surface area contributed by atoms with Crippen molar-refractivity contribution in [2.45, 2.75) is 39.7 Å². The SMILES string of the molecule is COC(=O)[C@@H](CC(C)C)NC(=O)C1CC(C)=C(SC)C=C1OC. The molecule has 1 unspecified atom stereocenters. The molecule has 0 radical (unpaired) electrons. The largest absolute Gasteiger partial charge is 0.500 e. The molecule has 0 bridgehead atoms. The van der Waals surface area contributed by atoms with Gasteiger partial charge in [-0.3, -0.25) is 4.79 Å². The first-order chi connectivity index (χ1) is 10.8. The molecule has 23 heavy (non-hydrogen) atoms. The number of carbonyl (C=O) groups is 2. The standard InChI is InChI=1S/C17H27NO4S/c1-10(2)7-13(17(20)22-5)18-16(19)12-8-11(3)15(23-6)9-14(12)21-4/h9-10,12-13H,7-8H2,1-6H3,(H,18,19)/t12?,13-/m1/s1. The number of amides is 1. The number of allylic oxidation sites excluding steroid dienone is 2. The van der Waals surface area contributed by atoms with Gasteiger partial charge in [0.2, 0.25) is 5.91 Å². The fraction of sp³-hybridized carbons (Fsp3) is 0.647. The molecule has 0 fully saturated rings. The molecule has 130 valence electrons. The van der Waals surface area contributed by atoms with Gasteiger partial charge in [-0.15, -0.1) is 11.8 Å². The number of ether oxygens (including phenoxy) is 2. The first-order valence-electron chi connectivity index (χ1n) is 7.71. The highest BCUT2D eigenvalue weighted by Crippen LogP contribution is 2.34. The molecule has 1 aliphatic rings. The van der Waals surface area contributed by atoms with Crippen LogP contribution in [0.4, 0.5) is 0 Å². The lowest BCUT2D eigenvalue weighted by atomic mass is 9.91. The summed E-state index contributed by atoms with van der Waals surface area (Å²) in [7, 11) is 2.90. The highest BCUT2D eigenvalue weighted by molar-refractivity contribution is 8.02. The average Bonchev–Trinajstić information content (AvgIpc) is 2.52. The van der Waals surface area contributed by atoms with Crippen molar-refractivity contribution in [1.82, 2.24) is 5.32 Å². The smallest absolute Gasteiger partial charge is 0.328 e. The quantitative estimate of drug-likeness (QED) is 0.721. The third kappa shape index (κ3) is 5.30. The molecule has 0 aromatic carbocycles. The number of hydrogen-bond donors (Lipinski definition) is 1. The summed E-state index contributed by atoms with van der Waals surface area (Å²) < 4.78 is 10.2. The second kappa shape index (κ2) is 9.01. The van der Waals surface area contributed by atoms with Crippen molar-refractivity contribution in [3.8, 4) is 0 Å². The maximum Gasteiger partial charge on any atom is 0.328 e. The van der Waals surface area contributed by atoms with Gasteiger partial charge in [-0.05, 0) is 38.0 Å². The normalized spacial score (nSPS) is 19.3. The molecule has 1 amide bonds. The van der Waals surface area contributed by atoms with E-state index in [2.05, 4.69) is 5.32 Å². The highest BCUT2D eigenvalue weighted by atomic mass is 32.2. The van der Waals surface area contributed by atoms with Crippen LogP contribution in [0, 0.1) is 11.8 Å². The molecular formula is C17H27NO4S. The highest BCUT2D eigenvalue weighted by Gasteiger charge is 2.32. The Morgan fingerprint density at radius 2 is 2.04 bits per heavy atom. The van der Waals surface area contributed by atoms with Crippen LogP contribution in [0.5, 0.6) is 0 Å². The molecule has 5 nitrogen and oxygen atoms in total. The second-order valence-corrected chi connectivity index (χ2v) is 6.92. The molecule has 1 N–H and O–H groups in total. The van der Waals surface area contributed by atoms with Crippen LogP contribution in [-0.2, 0) is 19.1 Å². The minimum atomic E-state index is -0.628. The van der Waals surface area contributed by atoms with Gasteiger partial charge in [0.15, 0.2) is 0 Å². The third-order valence-electron chi connectivity index (χ3n) is 3.83. The summed E-state index contributed by atoms with van der Waals surface area (Å²) in [6.07, 6.45) is 5.04. The van der Waals surface area contributed by atoms with Gasteiger partial charge in [-0.25, -0.2) is 4.79 Å². The molecule has 0 aliphatic heterocycles. The van der Waals surface area contributed by atoms with Crippen molar-refractivity contribution in [2.75, 3.05) is 20.5 Å². The van der Waals surface area contributed by atoms with E-state index in [1.807, 2.05) is 33.1 Å². The number of esters is 1. The monoisotopic (exact) mass is 341 g/mol. The van der Waals surface area contributed by atoms with E-state index >= 15 is 0 Å². The third-order valence-corrected chi connectivity index (χ3v) is 4.74. The number of rotatable bonds is 7. The van der Waals surface area contributed by atoms with Crippen molar-refractivity contribution in [2.24, 2.45) is 11.8 Å². The Bertz CT molecular complexity index is 511. The molecular weight excluding hydrogens is 314 g/mol. The van der Waals surface area contributed by atoms with E-state index in [1.165, 1.54) is 7.11 Å². The van der Waals surface area contributed by atoms with E-state index in [0.29, 0.717) is 18.6 Å². The Kier molecular flexibility index (Phi) is 7.68. The predicted molar refractivity (Wildman–Crippen MR) is 92.8 cm³/mol. The van der Waals surface area contributed by atoms with Crippen LogP contribution in [0.25, 0.3) is 0 Å². The van der Waals surface area contributed by atoms with Gasteiger partial charge in [0.05, 0.1) is 20.1 Å². The van der Waals surface area contributed by atoms with Crippen LogP contribution in [0.2, 0.25) is 0 Å². The summed E-state index contributed by atoms with van der Waals surface area (Å²) in [6, 6.07) is -0.628. The fourth-order valence-electron chi connectivity index (χ4n) is 2.62. The van der Waals surface area contributed by atoms with Crippen LogP contribution < -0.4 is 5.32 Å². The van der Waals surface area contributed by atoms with Crippen LogP contribution in [0.1, 0.15) is 33.6 Å². The Morgan fingerprint density at radius 3 is 2.52 bits per heavy atom. The summed E-state index contributed by atoms with van der Waals surface area (Å²) >= 11 is 1.63. The van der Waals surface area contributed by atoms with Crippen molar-refractivity contribution in [1.29, 1.82) is 0 Å². The van der Waals surface area contributed by atoms with Gasteiger partial charge in [0, 0.05) is 4.91 Å². The van der Waals surface area contributed by atoms with Gasteiger partial charge in [-0.2, -0.15) is 0 Å². The van der Waals surface area contributed by atoms with Gasteiger partial charge in [0.25, 0.3) is 0 Å². The Balaban J connectivity index is 2.89. The molecule has 0 aromatic heterocycles. The zero-order valence-electron chi connectivity index (χ0n) is 14.8. The van der Waals surface area contributed by atoms with E-state index in [1.54, 1.807) is 18.9 Å². The average molecular weight is 341 g/mol. The topological polar surface area (TPSA) is 64.6 Å². The molecule has 0 saturated heterocycles. The summed E-state index contributed by atoms with van der Waals surface area (Å²) in [4.78, 5) is 25.7. The maximum atomic E-state index is 12.7. The summed E-state index contributed by atoms with van der Waals surface area (Å²) in [5, 5.41) is 2.82. The zero-order valence-corrected chi connectivity index (χ0v) is 15.6. The molecule has 1 rings (SSSR count). The summed E-state index contributed by atoms with van der Waals surface area (Å²) in [6.45, 7) is 6.02. The van der Waals surface area contributed by atoms with E-state index in [4.69, 9.17) is 9.47 Å². The zero-order chi connectivity index (χ0) is 17.6. The molecule has 0 spiro atoms. The van der Waals surface area contributed by atoms with Crippen molar-refractivity contribution < 1.29 is 19.1 Å². The number of methoxy groups -OCH3 is 2. The van der Waals surface area contributed by atoms with Crippen molar-refractivity contribution in [3.05, 3.63) is 22.3 Å². The van der Waals surface area contributed by atoms with E-state index in [-0.39, 0.29) is 11.8 Å². The number of nitrogens with one attached hydrogen (secondary N) is 1. The van der Waals surface area contributed by atoms with Gasteiger partial charge < -0.3 is 14.8 Å². The predicted octanol–water partition coefficient (Wildman–Crippen LogP) is 2.88. The summed E-state index contributed by atoms with van der Waals surface area (Å²) in [5.41, 5.74) is 1.15. The number of carbonyl (C=O) groups excluding carboxylic acids is 2. The minimum absolute atomic E-state index is 0.200. The molecule has 6 heteroatoms. The molecule has 0 saturated carbocycles. The van der Waals surface area contributed by atoms with Crippen molar-refractivity contribution >= 4 is 23.6 Å². The summed E-state index contributed by atoms with van der Waals surface area (Å²) in [5.74, 6) is -0.120. The Morgan fingerprint density at radius 1 is 1.39 bits per heavy atom. The van der Waals surface area contributed by atoms with Crippen LogP contribution in [0.15, 0.2) is 22.3 Å². The van der Waals surface area contributed by atoms with Gasteiger partial charge in [-0.1, -0.05) is 19.4 Å². The van der Waals surface area contributed by atoms with E-state index in [0.717, 1.165) is 10.5 Å². The number of thioether (sulfide) groups is 1. The molecule has 0 aromatic rings. The molecule has 0 heterocycles. The number of hydrogen-bond acceptors (Lipinski definition) is 5. The Labute approximate surface area is 142 Å². The van der Waals surface area contributed by atoms with Crippen molar-refractivity contribution in [3.63, 3.8) is 0 Å².